The molecule has 1 N–H and O–H groups in total. The smallest absolute Gasteiger partial charge is 0.258 e. The maximum atomic E-state index is 12.1. The summed E-state index contributed by atoms with van der Waals surface area (Å²) in [7, 11) is 0. The van der Waals surface area contributed by atoms with E-state index in [-0.39, 0.29) is 5.91 Å². The lowest BCUT2D eigenvalue weighted by Gasteiger charge is -2.23. The number of para-hydroxylation sites is 1. The molecule has 0 unspecified atom stereocenters. The summed E-state index contributed by atoms with van der Waals surface area (Å²) in [5.41, 5.74) is 2.58. The number of nitrogens with one attached hydrogen (secondary N) is 1. The number of nitrogens with zero attached hydrogens (tertiary/aromatic N) is 3. The molecule has 0 bridgehead atoms. The van der Waals surface area contributed by atoms with Gasteiger partial charge in [-0.25, -0.2) is 4.98 Å². The number of pyridine rings is 2. The number of hydrogen-bond acceptors (Lipinski definition) is 4. The van der Waals surface area contributed by atoms with Crippen molar-refractivity contribution in [3.8, 4) is 0 Å². The van der Waals surface area contributed by atoms with E-state index in [0.717, 1.165) is 17.9 Å². The molecule has 120 valence electrons. The SMILES string of the molecule is CCN(c1ccccc1)c1ccc(NC(=O)c2cccnc2)nc1. The van der Waals surface area contributed by atoms with Crippen molar-refractivity contribution in [2.24, 2.45) is 0 Å². The van der Waals surface area contributed by atoms with Crippen LogP contribution in [0.5, 0.6) is 0 Å². The molecule has 3 aromatic rings. The molecule has 3 rings (SSSR count). The van der Waals surface area contributed by atoms with Gasteiger partial charge in [0.05, 0.1) is 17.4 Å². The fourth-order valence-corrected chi connectivity index (χ4v) is 2.43. The molecule has 0 fully saturated rings. The molecule has 5 heteroatoms. The fourth-order valence-electron chi connectivity index (χ4n) is 2.43. The Bertz CT molecular complexity index is 789. The second kappa shape index (κ2) is 7.37. The Balaban J connectivity index is 1.74. The first-order valence-electron chi connectivity index (χ1n) is 7.78. The van der Waals surface area contributed by atoms with Gasteiger partial charge >= 0.3 is 0 Å². The first-order valence-corrected chi connectivity index (χ1v) is 7.78. The summed E-state index contributed by atoms with van der Waals surface area (Å²) in [6.07, 6.45) is 4.92. The Morgan fingerprint density at radius 2 is 1.83 bits per heavy atom. The van der Waals surface area contributed by atoms with E-state index in [1.807, 2.05) is 24.3 Å². The fraction of sp³-hybridized carbons (Fsp3) is 0.105. The number of carbonyl (C=O) groups excluding carboxylic acids is 1. The van der Waals surface area contributed by atoms with Gasteiger partial charge in [0.1, 0.15) is 5.82 Å². The molecule has 2 aromatic heterocycles. The third-order valence-corrected chi connectivity index (χ3v) is 3.61. The molecule has 1 amide bonds. The van der Waals surface area contributed by atoms with Crippen molar-refractivity contribution in [1.82, 2.24) is 9.97 Å². The van der Waals surface area contributed by atoms with Crippen molar-refractivity contribution in [3.63, 3.8) is 0 Å². The van der Waals surface area contributed by atoms with Crippen LogP contribution in [0.2, 0.25) is 0 Å². The van der Waals surface area contributed by atoms with Crippen LogP contribution < -0.4 is 10.2 Å². The van der Waals surface area contributed by atoms with Crippen LogP contribution in [0, 0.1) is 0 Å². The number of hydrogen-bond donors (Lipinski definition) is 1. The Morgan fingerprint density at radius 1 is 1.00 bits per heavy atom. The van der Waals surface area contributed by atoms with Crippen molar-refractivity contribution >= 4 is 23.1 Å². The summed E-state index contributed by atoms with van der Waals surface area (Å²) in [6, 6.07) is 17.3. The number of aromatic nitrogens is 2. The van der Waals surface area contributed by atoms with E-state index in [1.165, 1.54) is 6.20 Å². The topological polar surface area (TPSA) is 58.1 Å². The Hall–Kier alpha value is -3.21. The molecule has 0 saturated heterocycles. The quantitative estimate of drug-likeness (QED) is 0.775. The van der Waals surface area contributed by atoms with Crippen LogP contribution in [0.15, 0.2) is 73.2 Å². The maximum absolute atomic E-state index is 12.1. The van der Waals surface area contributed by atoms with Gasteiger partial charge < -0.3 is 10.2 Å². The molecule has 5 nitrogen and oxygen atoms in total. The molecular weight excluding hydrogens is 300 g/mol. The zero-order valence-electron chi connectivity index (χ0n) is 13.4. The molecule has 0 aliphatic rings. The predicted molar refractivity (Wildman–Crippen MR) is 95.5 cm³/mol. The predicted octanol–water partition coefficient (Wildman–Crippen LogP) is 3.89. The van der Waals surface area contributed by atoms with Crippen LogP contribution in [-0.2, 0) is 0 Å². The highest BCUT2D eigenvalue weighted by molar-refractivity contribution is 6.03. The van der Waals surface area contributed by atoms with Gasteiger partial charge in [0.15, 0.2) is 0 Å². The number of amides is 1. The van der Waals surface area contributed by atoms with E-state index < -0.39 is 0 Å². The molecule has 0 atom stereocenters. The van der Waals surface area contributed by atoms with Crippen molar-refractivity contribution < 1.29 is 4.79 Å². The van der Waals surface area contributed by atoms with E-state index >= 15 is 0 Å². The van der Waals surface area contributed by atoms with E-state index in [2.05, 4.69) is 39.2 Å². The van der Waals surface area contributed by atoms with Gasteiger partial charge in [0.2, 0.25) is 0 Å². The average molecular weight is 318 g/mol. The summed E-state index contributed by atoms with van der Waals surface area (Å²) in [5, 5.41) is 2.77. The van der Waals surface area contributed by atoms with Crippen LogP contribution in [0.4, 0.5) is 17.2 Å². The monoisotopic (exact) mass is 318 g/mol. The molecule has 0 aliphatic heterocycles. The minimum absolute atomic E-state index is 0.223. The Kier molecular flexibility index (Phi) is 4.81. The second-order valence-corrected chi connectivity index (χ2v) is 5.18. The third kappa shape index (κ3) is 3.57. The molecule has 24 heavy (non-hydrogen) atoms. The van der Waals surface area contributed by atoms with Crippen molar-refractivity contribution in [2.45, 2.75) is 6.92 Å². The van der Waals surface area contributed by atoms with Gasteiger partial charge in [-0.15, -0.1) is 0 Å². The first kappa shape index (κ1) is 15.7. The standard InChI is InChI=1S/C19H18N4O/c1-2-23(16-8-4-3-5-9-16)17-10-11-18(21-14-17)22-19(24)15-7-6-12-20-13-15/h3-14H,2H2,1H3,(H,21,22,24). The lowest BCUT2D eigenvalue weighted by molar-refractivity contribution is 0.102. The highest BCUT2D eigenvalue weighted by Crippen LogP contribution is 2.24. The molecule has 1 aromatic carbocycles. The third-order valence-electron chi connectivity index (χ3n) is 3.61. The van der Waals surface area contributed by atoms with Crippen molar-refractivity contribution in [1.29, 1.82) is 0 Å². The van der Waals surface area contributed by atoms with Crippen LogP contribution in [0.3, 0.4) is 0 Å². The summed E-state index contributed by atoms with van der Waals surface area (Å²) in [5.74, 6) is 0.287. The van der Waals surface area contributed by atoms with E-state index in [4.69, 9.17) is 0 Å². The van der Waals surface area contributed by atoms with E-state index in [0.29, 0.717) is 11.4 Å². The normalized spacial score (nSPS) is 10.2. The Labute approximate surface area is 141 Å². The van der Waals surface area contributed by atoms with Gasteiger partial charge in [-0.2, -0.15) is 0 Å². The molecule has 0 saturated carbocycles. The minimum Gasteiger partial charge on any atom is -0.341 e. The first-order chi connectivity index (χ1) is 11.8. The zero-order chi connectivity index (χ0) is 16.8. The highest BCUT2D eigenvalue weighted by atomic mass is 16.1. The second-order valence-electron chi connectivity index (χ2n) is 5.18. The van der Waals surface area contributed by atoms with Gasteiger partial charge in [-0.05, 0) is 43.3 Å². The largest absolute Gasteiger partial charge is 0.341 e. The van der Waals surface area contributed by atoms with Gasteiger partial charge in [-0.3, -0.25) is 9.78 Å². The van der Waals surface area contributed by atoms with E-state index in [9.17, 15) is 4.79 Å². The average Bonchev–Trinajstić information content (AvgIpc) is 2.65. The molecule has 0 spiro atoms. The summed E-state index contributed by atoms with van der Waals surface area (Å²) >= 11 is 0. The highest BCUT2D eigenvalue weighted by Gasteiger charge is 2.09. The number of anilines is 3. The number of benzene rings is 1. The molecule has 0 radical (unpaired) electrons. The zero-order valence-corrected chi connectivity index (χ0v) is 13.4. The van der Waals surface area contributed by atoms with Crippen LogP contribution in [0.1, 0.15) is 17.3 Å². The van der Waals surface area contributed by atoms with Crippen LogP contribution in [-0.4, -0.2) is 22.4 Å². The van der Waals surface area contributed by atoms with Crippen LogP contribution in [0.25, 0.3) is 0 Å². The summed E-state index contributed by atoms with van der Waals surface area (Å²) in [6.45, 7) is 2.91. The van der Waals surface area contributed by atoms with Gasteiger partial charge in [0, 0.05) is 24.6 Å². The molecular formula is C19H18N4O. The summed E-state index contributed by atoms with van der Waals surface area (Å²) in [4.78, 5) is 22.5. The summed E-state index contributed by atoms with van der Waals surface area (Å²) < 4.78 is 0. The molecule has 0 aliphatic carbocycles. The minimum atomic E-state index is -0.223. The van der Waals surface area contributed by atoms with Gasteiger partial charge in [0.25, 0.3) is 5.91 Å². The van der Waals surface area contributed by atoms with Crippen molar-refractivity contribution in [2.75, 3.05) is 16.8 Å². The van der Waals surface area contributed by atoms with Crippen LogP contribution >= 0.6 is 0 Å². The van der Waals surface area contributed by atoms with E-state index in [1.54, 1.807) is 30.6 Å². The maximum Gasteiger partial charge on any atom is 0.258 e. The number of carbonyl (C=O) groups is 1. The van der Waals surface area contributed by atoms with Gasteiger partial charge in [-0.1, -0.05) is 18.2 Å². The molecule has 2 heterocycles. The lowest BCUT2D eigenvalue weighted by atomic mass is 10.2. The Morgan fingerprint density at radius 3 is 2.46 bits per heavy atom. The van der Waals surface area contributed by atoms with Crippen molar-refractivity contribution in [3.05, 3.63) is 78.8 Å². The lowest BCUT2D eigenvalue weighted by Crippen LogP contribution is -2.17. The number of rotatable bonds is 5.